The number of amides is 1. The molecule has 0 spiro atoms. The molecule has 0 bridgehead atoms. The van der Waals surface area contributed by atoms with Gasteiger partial charge in [-0.3, -0.25) is 14.5 Å². The van der Waals surface area contributed by atoms with Crippen LogP contribution >= 0.6 is 0 Å². The second kappa shape index (κ2) is 9.50. The average Bonchev–Trinajstić information content (AvgIpc) is 3.44. The quantitative estimate of drug-likeness (QED) is 0.226. The van der Waals surface area contributed by atoms with Crippen LogP contribution in [-0.4, -0.2) is 22.0 Å². The Morgan fingerprint density at radius 3 is 2.36 bits per heavy atom. The molecule has 1 N–H and O–H groups in total. The molecule has 1 aliphatic rings. The second-order valence-electron chi connectivity index (χ2n) is 8.32. The Balaban J connectivity index is 1.54. The van der Waals surface area contributed by atoms with Gasteiger partial charge in [-0.2, -0.15) is 0 Å². The number of ketones is 1. The van der Waals surface area contributed by atoms with E-state index in [-0.39, 0.29) is 17.0 Å². The number of nitrogens with zero attached hydrogens (tertiary/aromatic N) is 2. The van der Waals surface area contributed by atoms with Crippen molar-refractivity contribution < 1.29 is 28.3 Å². The van der Waals surface area contributed by atoms with Crippen molar-refractivity contribution in [3.05, 3.63) is 119 Å². The van der Waals surface area contributed by atoms with Crippen LogP contribution in [0, 0.1) is 12.7 Å². The Hall–Kier alpha value is -4.72. The maximum atomic E-state index is 13.4. The van der Waals surface area contributed by atoms with E-state index < -0.39 is 29.3 Å². The number of hydrogen-bond donors (Lipinski definition) is 1. The number of anilines is 1. The molecule has 8 heteroatoms. The summed E-state index contributed by atoms with van der Waals surface area (Å²) < 4.78 is 24.4. The summed E-state index contributed by atoms with van der Waals surface area (Å²) in [5, 5.41) is 15.0. The number of halogens is 1. The molecular formula is C28H21FN2O5. The topological polar surface area (TPSA) is 92.9 Å². The number of rotatable bonds is 6. The van der Waals surface area contributed by atoms with Crippen LogP contribution in [0.4, 0.5) is 10.2 Å². The van der Waals surface area contributed by atoms with Crippen LogP contribution in [-0.2, 0) is 16.2 Å². The van der Waals surface area contributed by atoms with E-state index >= 15 is 0 Å². The van der Waals surface area contributed by atoms with Crippen molar-refractivity contribution in [3.8, 4) is 5.75 Å². The van der Waals surface area contributed by atoms with Crippen molar-refractivity contribution in [1.29, 1.82) is 0 Å². The maximum absolute atomic E-state index is 13.4. The summed E-state index contributed by atoms with van der Waals surface area (Å²) in [6.45, 7) is 2.04. The molecule has 0 radical (unpaired) electrons. The van der Waals surface area contributed by atoms with Gasteiger partial charge in [-0.25, -0.2) is 4.39 Å². The van der Waals surface area contributed by atoms with Crippen molar-refractivity contribution in [2.45, 2.75) is 19.6 Å². The molecule has 36 heavy (non-hydrogen) atoms. The number of aliphatic hydroxyl groups excluding tert-OH is 1. The first kappa shape index (κ1) is 23.0. The SMILES string of the molecule is Cc1cc(N2C(=O)C(=O)C(=C(O)c3ccc(F)cc3)[C@H]2c2ccc(OCc3ccccc3)cc2)no1. The summed E-state index contributed by atoms with van der Waals surface area (Å²) in [5.41, 5.74) is 1.63. The molecule has 0 aliphatic carbocycles. The third-order valence-electron chi connectivity index (χ3n) is 5.87. The first-order valence-corrected chi connectivity index (χ1v) is 11.2. The van der Waals surface area contributed by atoms with Crippen molar-refractivity contribution in [3.63, 3.8) is 0 Å². The number of aryl methyl sites for hydroxylation is 1. The number of carbonyl (C=O) groups excluding carboxylic acids is 2. The number of carbonyl (C=O) groups is 2. The Kier molecular flexibility index (Phi) is 6.08. The van der Waals surface area contributed by atoms with Crippen molar-refractivity contribution >= 4 is 23.3 Å². The van der Waals surface area contributed by atoms with Gasteiger partial charge in [0.15, 0.2) is 5.82 Å². The highest BCUT2D eigenvalue weighted by Gasteiger charge is 2.48. The number of aliphatic hydroxyl groups is 1. The third kappa shape index (κ3) is 4.36. The molecule has 3 aromatic carbocycles. The molecule has 180 valence electrons. The van der Waals surface area contributed by atoms with Gasteiger partial charge in [0.1, 0.15) is 29.7 Å². The number of benzene rings is 3. The Bertz CT molecular complexity index is 1440. The normalized spacial score (nSPS) is 16.9. The highest BCUT2D eigenvalue weighted by atomic mass is 19.1. The minimum absolute atomic E-state index is 0.134. The maximum Gasteiger partial charge on any atom is 0.301 e. The van der Waals surface area contributed by atoms with E-state index in [1.165, 1.54) is 35.2 Å². The van der Waals surface area contributed by atoms with Crippen LogP contribution < -0.4 is 9.64 Å². The second-order valence-corrected chi connectivity index (χ2v) is 8.32. The summed E-state index contributed by atoms with van der Waals surface area (Å²) >= 11 is 0. The lowest BCUT2D eigenvalue weighted by molar-refractivity contribution is -0.132. The monoisotopic (exact) mass is 484 g/mol. The summed E-state index contributed by atoms with van der Waals surface area (Å²) in [6, 6.07) is 22.2. The van der Waals surface area contributed by atoms with E-state index in [4.69, 9.17) is 9.26 Å². The van der Waals surface area contributed by atoms with E-state index in [0.29, 0.717) is 23.7 Å². The van der Waals surface area contributed by atoms with Gasteiger partial charge >= 0.3 is 5.91 Å². The van der Waals surface area contributed by atoms with E-state index in [2.05, 4.69) is 5.16 Å². The van der Waals surface area contributed by atoms with E-state index in [1.807, 2.05) is 30.3 Å². The smallest absolute Gasteiger partial charge is 0.301 e. The van der Waals surface area contributed by atoms with Crippen molar-refractivity contribution in [1.82, 2.24) is 5.16 Å². The van der Waals surface area contributed by atoms with Crippen LogP contribution in [0.25, 0.3) is 5.76 Å². The third-order valence-corrected chi connectivity index (χ3v) is 5.87. The number of Topliss-reactive ketones (excluding diaryl/α,β-unsaturated/α-hetero) is 1. The molecule has 5 rings (SSSR count). The molecule has 7 nitrogen and oxygen atoms in total. The Labute approximate surface area is 206 Å². The van der Waals surface area contributed by atoms with Gasteiger partial charge in [-0.05, 0) is 54.4 Å². The molecule has 0 unspecified atom stereocenters. The molecule has 2 heterocycles. The van der Waals surface area contributed by atoms with Crippen LogP contribution in [0.1, 0.15) is 28.5 Å². The fourth-order valence-electron chi connectivity index (χ4n) is 4.10. The predicted molar refractivity (Wildman–Crippen MR) is 130 cm³/mol. The molecule has 1 amide bonds. The van der Waals surface area contributed by atoms with Gasteiger partial charge in [-0.1, -0.05) is 47.6 Å². The molecule has 1 aliphatic heterocycles. The molecular weight excluding hydrogens is 463 g/mol. The molecule has 1 atom stereocenters. The highest BCUT2D eigenvalue weighted by molar-refractivity contribution is 6.51. The Morgan fingerprint density at radius 1 is 1.03 bits per heavy atom. The van der Waals surface area contributed by atoms with Crippen LogP contribution in [0.5, 0.6) is 5.75 Å². The summed E-state index contributed by atoms with van der Waals surface area (Å²) in [5.74, 6) is -1.46. The largest absolute Gasteiger partial charge is 0.507 e. The zero-order chi connectivity index (χ0) is 25.2. The van der Waals surface area contributed by atoms with Crippen molar-refractivity contribution in [2.75, 3.05) is 4.90 Å². The first-order chi connectivity index (χ1) is 17.4. The number of aromatic nitrogens is 1. The standard InChI is InChI=1S/C28H21FN2O5/c1-17-15-23(30-36-17)31-25(19-9-13-22(14-10-19)35-16-18-5-3-2-4-6-18)24(27(33)28(31)34)26(32)20-7-11-21(29)12-8-20/h2-15,25,32H,16H2,1H3/t25-/m1/s1. The fourth-order valence-corrected chi connectivity index (χ4v) is 4.10. The van der Waals surface area contributed by atoms with Crippen LogP contribution in [0.15, 0.2) is 95.0 Å². The van der Waals surface area contributed by atoms with Gasteiger partial charge in [0.05, 0.1) is 11.6 Å². The molecule has 1 fully saturated rings. The van der Waals surface area contributed by atoms with Crippen LogP contribution in [0.2, 0.25) is 0 Å². The number of ether oxygens (including phenoxy) is 1. The molecule has 0 saturated carbocycles. The fraction of sp³-hybridized carbons (Fsp3) is 0.107. The van der Waals surface area contributed by atoms with Crippen molar-refractivity contribution in [2.24, 2.45) is 0 Å². The summed E-state index contributed by atoms with van der Waals surface area (Å²) in [4.78, 5) is 27.4. The van der Waals surface area contributed by atoms with Gasteiger partial charge in [0, 0.05) is 11.6 Å². The Morgan fingerprint density at radius 2 is 1.72 bits per heavy atom. The van der Waals surface area contributed by atoms with Gasteiger partial charge in [0.25, 0.3) is 5.78 Å². The zero-order valence-corrected chi connectivity index (χ0v) is 19.2. The molecule has 4 aromatic rings. The predicted octanol–water partition coefficient (Wildman–Crippen LogP) is 5.33. The lowest BCUT2D eigenvalue weighted by Crippen LogP contribution is -2.29. The van der Waals surface area contributed by atoms with E-state index in [1.54, 1.807) is 31.2 Å². The average molecular weight is 484 g/mol. The summed E-state index contributed by atoms with van der Waals surface area (Å²) in [7, 11) is 0. The van der Waals surface area contributed by atoms with Gasteiger partial charge < -0.3 is 14.4 Å². The lowest BCUT2D eigenvalue weighted by Gasteiger charge is -2.23. The van der Waals surface area contributed by atoms with Gasteiger partial charge in [0.2, 0.25) is 0 Å². The highest BCUT2D eigenvalue weighted by Crippen LogP contribution is 2.42. The zero-order valence-electron chi connectivity index (χ0n) is 19.2. The number of hydrogen-bond acceptors (Lipinski definition) is 6. The molecule has 1 aromatic heterocycles. The minimum Gasteiger partial charge on any atom is -0.507 e. The lowest BCUT2D eigenvalue weighted by atomic mass is 9.95. The van der Waals surface area contributed by atoms with E-state index in [9.17, 15) is 19.1 Å². The minimum atomic E-state index is -0.984. The summed E-state index contributed by atoms with van der Waals surface area (Å²) in [6.07, 6.45) is 0. The van der Waals surface area contributed by atoms with E-state index in [0.717, 1.165) is 5.56 Å². The first-order valence-electron chi connectivity index (χ1n) is 11.2. The van der Waals surface area contributed by atoms with Gasteiger partial charge in [-0.15, -0.1) is 0 Å². The van der Waals surface area contributed by atoms with Crippen LogP contribution in [0.3, 0.4) is 0 Å². The molecule has 1 saturated heterocycles.